The van der Waals surface area contributed by atoms with Crippen LogP contribution < -0.4 is 15.4 Å². The number of thiophene rings is 1. The Labute approximate surface area is 195 Å². The average molecular weight is 457 g/mol. The van der Waals surface area contributed by atoms with E-state index in [1.54, 1.807) is 37.4 Å². The van der Waals surface area contributed by atoms with Crippen LogP contribution in [0.4, 0.5) is 0 Å². The highest BCUT2D eigenvalue weighted by atomic mass is 32.1. The minimum atomic E-state index is -0.509. The third kappa shape index (κ3) is 4.84. The zero-order chi connectivity index (χ0) is 23.2. The highest BCUT2D eigenvalue weighted by Crippen LogP contribution is 2.30. The van der Waals surface area contributed by atoms with Gasteiger partial charge in [-0.1, -0.05) is 42.5 Å². The van der Waals surface area contributed by atoms with Crippen molar-refractivity contribution < 1.29 is 14.3 Å². The maximum atomic E-state index is 12.8. The summed E-state index contributed by atoms with van der Waals surface area (Å²) in [6.45, 7) is 0.358. The lowest BCUT2D eigenvalue weighted by atomic mass is 10.0. The van der Waals surface area contributed by atoms with E-state index in [1.165, 1.54) is 11.3 Å². The third-order valence-corrected chi connectivity index (χ3v) is 5.94. The van der Waals surface area contributed by atoms with Crippen LogP contribution in [0.2, 0.25) is 0 Å². The number of benzene rings is 2. The van der Waals surface area contributed by atoms with Crippen LogP contribution in [0.5, 0.6) is 5.75 Å². The van der Waals surface area contributed by atoms with Gasteiger partial charge >= 0.3 is 0 Å². The van der Waals surface area contributed by atoms with E-state index in [9.17, 15) is 14.9 Å². The summed E-state index contributed by atoms with van der Waals surface area (Å²) in [5.41, 5.74) is 2.47. The first-order valence-electron chi connectivity index (χ1n) is 10.2. The van der Waals surface area contributed by atoms with Gasteiger partial charge in [-0.05, 0) is 35.6 Å². The minimum absolute atomic E-state index is 0.0995. The summed E-state index contributed by atoms with van der Waals surface area (Å²) < 4.78 is 5.15. The largest absolute Gasteiger partial charge is 0.497 e. The molecule has 0 radical (unpaired) electrons. The van der Waals surface area contributed by atoms with Crippen LogP contribution in [0.3, 0.4) is 0 Å². The summed E-state index contributed by atoms with van der Waals surface area (Å²) in [5, 5.41) is 17.1. The molecule has 0 saturated heterocycles. The second-order valence-electron chi connectivity index (χ2n) is 7.13. The van der Waals surface area contributed by atoms with Gasteiger partial charge < -0.3 is 15.4 Å². The van der Waals surface area contributed by atoms with Crippen molar-refractivity contribution in [1.82, 2.24) is 10.6 Å². The molecular formula is C25H20N4O3S. The minimum Gasteiger partial charge on any atom is -0.497 e. The van der Waals surface area contributed by atoms with Crippen molar-refractivity contribution in [2.24, 2.45) is 4.99 Å². The molecule has 1 aliphatic heterocycles. The van der Waals surface area contributed by atoms with Crippen LogP contribution in [-0.4, -0.2) is 31.3 Å². The van der Waals surface area contributed by atoms with Gasteiger partial charge in [-0.3, -0.25) is 9.59 Å². The van der Waals surface area contributed by atoms with Crippen LogP contribution in [-0.2, 0) is 11.2 Å². The number of nitriles is 1. The molecule has 8 heteroatoms. The van der Waals surface area contributed by atoms with Crippen molar-refractivity contribution in [3.63, 3.8) is 0 Å². The molecule has 3 aromatic rings. The summed E-state index contributed by atoms with van der Waals surface area (Å²) >= 11 is 1.32. The topological polar surface area (TPSA) is 104 Å². The van der Waals surface area contributed by atoms with Crippen LogP contribution in [0.1, 0.15) is 26.4 Å². The molecular weight excluding hydrogens is 436 g/mol. The number of amidine groups is 1. The van der Waals surface area contributed by atoms with Crippen LogP contribution in [0.15, 0.2) is 76.6 Å². The van der Waals surface area contributed by atoms with Gasteiger partial charge in [-0.25, -0.2) is 4.99 Å². The second-order valence-corrected chi connectivity index (χ2v) is 8.07. The van der Waals surface area contributed by atoms with Crippen LogP contribution >= 0.6 is 11.3 Å². The molecule has 2 aromatic carbocycles. The van der Waals surface area contributed by atoms with Crippen molar-refractivity contribution in [2.45, 2.75) is 6.42 Å². The first kappa shape index (κ1) is 22.0. The molecule has 164 valence electrons. The van der Waals surface area contributed by atoms with Gasteiger partial charge in [-0.2, -0.15) is 5.26 Å². The lowest BCUT2D eigenvalue weighted by molar-refractivity contribution is -0.117. The van der Waals surface area contributed by atoms with Crippen LogP contribution in [0, 0.1) is 11.3 Å². The molecule has 0 fully saturated rings. The van der Waals surface area contributed by atoms with E-state index in [-0.39, 0.29) is 17.2 Å². The third-order valence-electron chi connectivity index (χ3n) is 5.07. The smallest absolute Gasteiger partial charge is 0.266 e. The summed E-state index contributed by atoms with van der Waals surface area (Å²) in [6, 6.07) is 20.2. The van der Waals surface area contributed by atoms with Gasteiger partial charge in [0.15, 0.2) is 0 Å². The Kier molecular flexibility index (Phi) is 6.62. The quantitative estimate of drug-likeness (QED) is 0.437. The Hall–Kier alpha value is -4.22. The van der Waals surface area contributed by atoms with E-state index in [1.807, 2.05) is 41.8 Å². The summed E-state index contributed by atoms with van der Waals surface area (Å²) in [7, 11) is 1.61. The Bertz CT molecular complexity index is 1290. The fourth-order valence-corrected chi connectivity index (χ4v) is 4.02. The highest BCUT2D eigenvalue weighted by molar-refractivity contribution is 7.12. The first-order chi connectivity index (χ1) is 16.1. The fourth-order valence-electron chi connectivity index (χ4n) is 3.40. The molecule has 2 heterocycles. The monoisotopic (exact) mass is 456 g/mol. The van der Waals surface area contributed by atoms with E-state index in [4.69, 9.17) is 4.74 Å². The standard InChI is InChI=1S/C25H20N4O3S/c1-32-17-10-8-16(9-11-17)12-13-27-24(30)20(15-26)22-18-5-2-3-6-19(18)23(28-22)29-25(31)21-7-4-14-33-21/h2-11,14H,12-13H2,1H3,(H,27,30)(H,28,29,31). The Morgan fingerprint density at radius 2 is 1.82 bits per heavy atom. The van der Waals surface area contributed by atoms with Gasteiger partial charge in [0, 0.05) is 17.7 Å². The molecule has 0 unspecified atom stereocenters. The normalized spacial score (nSPS) is 13.4. The fraction of sp³-hybridized carbons (Fsp3) is 0.120. The van der Waals surface area contributed by atoms with Crippen molar-refractivity contribution in [3.05, 3.63) is 93.2 Å². The van der Waals surface area contributed by atoms with Crippen molar-refractivity contribution in [3.8, 4) is 11.8 Å². The molecule has 2 amide bonds. The predicted octanol–water partition coefficient (Wildman–Crippen LogP) is 3.54. The highest BCUT2D eigenvalue weighted by Gasteiger charge is 2.27. The molecule has 0 aliphatic carbocycles. The second kappa shape index (κ2) is 9.94. The molecule has 1 aliphatic rings. The number of rotatable bonds is 6. The zero-order valence-corrected chi connectivity index (χ0v) is 18.6. The number of carbonyl (C=O) groups excluding carboxylic acids is 2. The van der Waals surface area contributed by atoms with Gasteiger partial charge in [0.2, 0.25) is 0 Å². The molecule has 1 aromatic heterocycles. The van der Waals surface area contributed by atoms with Gasteiger partial charge in [-0.15, -0.1) is 11.3 Å². The summed E-state index contributed by atoms with van der Waals surface area (Å²) in [4.78, 5) is 30.3. The number of nitrogens with one attached hydrogen (secondary N) is 2. The van der Waals surface area contributed by atoms with Crippen molar-refractivity contribution in [2.75, 3.05) is 13.7 Å². The number of carbonyl (C=O) groups is 2. The Morgan fingerprint density at radius 1 is 1.06 bits per heavy atom. The molecule has 2 N–H and O–H groups in total. The maximum Gasteiger partial charge on any atom is 0.266 e. The molecule has 4 rings (SSSR count). The number of amides is 2. The summed E-state index contributed by atoms with van der Waals surface area (Å²) in [5.74, 6) is 0.282. The number of ether oxygens (including phenoxy) is 1. The molecule has 0 atom stereocenters. The number of hydrogen-bond acceptors (Lipinski definition) is 6. The van der Waals surface area contributed by atoms with E-state index < -0.39 is 5.91 Å². The maximum absolute atomic E-state index is 12.8. The lowest BCUT2D eigenvalue weighted by Crippen LogP contribution is -2.29. The number of nitrogens with zero attached hydrogens (tertiary/aromatic N) is 2. The van der Waals surface area contributed by atoms with E-state index >= 15 is 0 Å². The molecule has 33 heavy (non-hydrogen) atoms. The number of methoxy groups -OCH3 is 1. The molecule has 7 nitrogen and oxygen atoms in total. The van der Waals surface area contributed by atoms with Gasteiger partial charge in [0.25, 0.3) is 11.8 Å². The Balaban J connectivity index is 1.53. The number of fused-ring (bicyclic) bond motifs is 1. The molecule has 0 bridgehead atoms. The number of aliphatic imine (C=N–C) groups is 1. The summed E-state index contributed by atoms with van der Waals surface area (Å²) in [6.07, 6.45) is 0.603. The van der Waals surface area contributed by atoms with Gasteiger partial charge in [0.05, 0.1) is 17.7 Å². The SMILES string of the molecule is COc1ccc(CCNC(=O)C(C#N)=C2N=C(NC(=O)c3cccs3)c3ccccc32)cc1. The lowest BCUT2D eigenvalue weighted by Gasteiger charge is -2.07. The van der Waals surface area contributed by atoms with E-state index in [0.29, 0.717) is 34.8 Å². The van der Waals surface area contributed by atoms with E-state index in [2.05, 4.69) is 15.6 Å². The molecule has 0 spiro atoms. The van der Waals surface area contributed by atoms with Crippen molar-refractivity contribution in [1.29, 1.82) is 5.26 Å². The predicted molar refractivity (Wildman–Crippen MR) is 127 cm³/mol. The van der Waals surface area contributed by atoms with Crippen LogP contribution in [0.25, 0.3) is 5.70 Å². The van der Waals surface area contributed by atoms with Crippen molar-refractivity contribution >= 4 is 34.7 Å². The van der Waals surface area contributed by atoms with E-state index in [0.717, 1.165) is 11.3 Å². The van der Waals surface area contributed by atoms with Gasteiger partial charge in [0.1, 0.15) is 23.2 Å². The Morgan fingerprint density at radius 3 is 2.48 bits per heavy atom. The average Bonchev–Trinajstić information content (AvgIpc) is 3.50. The number of hydrogen-bond donors (Lipinski definition) is 2. The molecule has 0 saturated carbocycles. The first-order valence-corrected chi connectivity index (χ1v) is 11.1. The zero-order valence-electron chi connectivity index (χ0n) is 17.8.